The van der Waals surface area contributed by atoms with Crippen molar-refractivity contribution in [3.05, 3.63) is 23.8 Å². The summed E-state index contributed by atoms with van der Waals surface area (Å²) in [5.74, 6) is 0.416. The molecule has 0 aromatic heterocycles. The third kappa shape index (κ3) is 4.93. The average Bonchev–Trinajstić information content (AvgIpc) is 2.45. The van der Waals surface area contributed by atoms with Crippen LogP contribution in [-0.2, 0) is 0 Å². The largest absolute Gasteiger partial charge is 0.573 e. The minimum atomic E-state index is -4.72. The first-order valence-corrected chi connectivity index (χ1v) is 6.80. The minimum absolute atomic E-state index is 0. The van der Waals surface area contributed by atoms with E-state index < -0.39 is 6.36 Å². The molecule has 0 amide bonds. The molecule has 0 bridgehead atoms. The number of methoxy groups -OCH3 is 1. The predicted octanol–water partition coefficient (Wildman–Crippen LogP) is 3.02. The molecule has 1 aromatic rings. The summed E-state index contributed by atoms with van der Waals surface area (Å²) in [6.45, 7) is 1.72. The van der Waals surface area contributed by atoms with E-state index in [2.05, 4.69) is 10.1 Å². The van der Waals surface area contributed by atoms with E-state index in [-0.39, 0.29) is 30.1 Å². The van der Waals surface area contributed by atoms with Crippen LogP contribution in [0.5, 0.6) is 11.5 Å². The van der Waals surface area contributed by atoms with E-state index in [1.165, 1.54) is 25.3 Å². The summed E-state index contributed by atoms with van der Waals surface area (Å²) >= 11 is 0. The maximum atomic E-state index is 12.3. The van der Waals surface area contributed by atoms with E-state index in [0.29, 0.717) is 11.3 Å². The number of nitrogens with one attached hydrogen (secondary N) is 1. The Balaban J connectivity index is 0.00000242. The topological polar surface area (TPSA) is 56.5 Å². The van der Waals surface area contributed by atoms with Crippen molar-refractivity contribution in [2.24, 2.45) is 11.7 Å². The number of hydrogen-bond acceptors (Lipinski definition) is 4. The lowest BCUT2D eigenvalue weighted by molar-refractivity contribution is -0.274. The van der Waals surface area contributed by atoms with Crippen molar-refractivity contribution in [1.82, 2.24) is 5.32 Å². The van der Waals surface area contributed by atoms with Gasteiger partial charge >= 0.3 is 6.36 Å². The molecule has 0 aliphatic carbocycles. The van der Waals surface area contributed by atoms with Crippen LogP contribution >= 0.6 is 12.4 Å². The van der Waals surface area contributed by atoms with Crippen molar-refractivity contribution in [2.75, 3.05) is 20.2 Å². The van der Waals surface area contributed by atoms with Crippen LogP contribution in [0.4, 0.5) is 13.2 Å². The van der Waals surface area contributed by atoms with E-state index >= 15 is 0 Å². The van der Waals surface area contributed by atoms with Crippen LogP contribution in [0.1, 0.15) is 24.4 Å². The Morgan fingerprint density at radius 3 is 2.45 bits per heavy atom. The van der Waals surface area contributed by atoms with Gasteiger partial charge in [0.1, 0.15) is 11.5 Å². The molecule has 0 radical (unpaired) electrons. The van der Waals surface area contributed by atoms with Gasteiger partial charge in [-0.25, -0.2) is 0 Å². The number of piperidine rings is 1. The Kier molecular flexibility index (Phi) is 6.77. The van der Waals surface area contributed by atoms with Gasteiger partial charge in [0.15, 0.2) is 0 Å². The molecule has 2 rings (SSSR count). The van der Waals surface area contributed by atoms with Gasteiger partial charge in [-0.1, -0.05) is 0 Å². The molecule has 1 fully saturated rings. The molecule has 0 saturated carbocycles. The van der Waals surface area contributed by atoms with Crippen LogP contribution in [0.25, 0.3) is 0 Å². The molecule has 126 valence electrons. The van der Waals surface area contributed by atoms with Gasteiger partial charge in [0.05, 0.1) is 7.11 Å². The second-order valence-electron chi connectivity index (χ2n) is 5.06. The molecule has 0 spiro atoms. The monoisotopic (exact) mass is 340 g/mol. The van der Waals surface area contributed by atoms with Gasteiger partial charge < -0.3 is 20.5 Å². The zero-order valence-corrected chi connectivity index (χ0v) is 13.0. The summed E-state index contributed by atoms with van der Waals surface area (Å²) in [6.07, 6.45) is -2.95. The number of ether oxygens (including phenoxy) is 2. The van der Waals surface area contributed by atoms with E-state index in [4.69, 9.17) is 10.5 Å². The van der Waals surface area contributed by atoms with E-state index in [0.717, 1.165) is 25.9 Å². The highest BCUT2D eigenvalue weighted by Crippen LogP contribution is 2.36. The second-order valence-corrected chi connectivity index (χ2v) is 5.06. The zero-order chi connectivity index (χ0) is 15.5. The lowest BCUT2D eigenvalue weighted by Crippen LogP contribution is -2.34. The molecule has 1 aromatic carbocycles. The van der Waals surface area contributed by atoms with Crippen molar-refractivity contribution >= 4 is 12.4 Å². The number of rotatable bonds is 4. The van der Waals surface area contributed by atoms with Crippen LogP contribution in [-0.4, -0.2) is 26.6 Å². The number of benzene rings is 1. The van der Waals surface area contributed by atoms with Crippen LogP contribution in [0.15, 0.2) is 18.2 Å². The molecule has 1 saturated heterocycles. The molecule has 4 nitrogen and oxygen atoms in total. The van der Waals surface area contributed by atoms with E-state index in [1.54, 1.807) is 0 Å². The molecule has 22 heavy (non-hydrogen) atoms. The van der Waals surface area contributed by atoms with Crippen molar-refractivity contribution in [3.63, 3.8) is 0 Å². The fourth-order valence-electron chi connectivity index (χ4n) is 2.63. The van der Waals surface area contributed by atoms with Gasteiger partial charge in [0.25, 0.3) is 0 Å². The first kappa shape index (κ1) is 18.9. The fraction of sp³-hybridized carbons (Fsp3) is 0.571. The smallest absolute Gasteiger partial charge is 0.496 e. The van der Waals surface area contributed by atoms with Gasteiger partial charge in [0, 0.05) is 11.6 Å². The average molecular weight is 341 g/mol. The Morgan fingerprint density at radius 2 is 1.91 bits per heavy atom. The van der Waals surface area contributed by atoms with Gasteiger partial charge in [-0.15, -0.1) is 25.6 Å². The number of alkyl halides is 3. The minimum Gasteiger partial charge on any atom is -0.496 e. The molecule has 1 heterocycles. The Bertz CT molecular complexity index is 480. The quantitative estimate of drug-likeness (QED) is 0.884. The van der Waals surface area contributed by atoms with Gasteiger partial charge in [-0.2, -0.15) is 0 Å². The van der Waals surface area contributed by atoms with Crippen LogP contribution in [0.3, 0.4) is 0 Å². The van der Waals surface area contributed by atoms with Crippen LogP contribution < -0.4 is 20.5 Å². The maximum Gasteiger partial charge on any atom is 0.573 e. The van der Waals surface area contributed by atoms with Gasteiger partial charge in [0.2, 0.25) is 0 Å². The first-order valence-electron chi connectivity index (χ1n) is 6.80. The summed E-state index contributed by atoms with van der Waals surface area (Å²) < 4.78 is 46.1. The lowest BCUT2D eigenvalue weighted by Gasteiger charge is -2.29. The number of nitrogens with two attached hydrogens (primary N) is 1. The predicted molar refractivity (Wildman–Crippen MR) is 79.4 cm³/mol. The highest BCUT2D eigenvalue weighted by Gasteiger charge is 2.32. The third-order valence-electron chi connectivity index (χ3n) is 3.69. The molecule has 3 N–H and O–H groups in total. The maximum absolute atomic E-state index is 12.3. The molecule has 1 aliphatic heterocycles. The molecule has 1 atom stereocenters. The molecule has 8 heteroatoms. The summed E-state index contributed by atoms with van der Waals surface area (Å²) in [5, 5.41) is 3.23. The second kappa shape index (κ2) is 7.89. The van der Waals surface area contributed by atoms with Crippen molar-refractivity contribution < 1.29 is 22.6 Å². The third-order valence-corrected chi connectivity index (χ3v) is 3.69. The summed E-state index contributed by atoms with van der Waals surface area (Å²) in [7, 11) is 1.47. The van der Waals surface area contributed by atoms with Gasteiger partial charge in [-0.05, 0) is 50.0 Å². The van der Waals surface area contributed by atoms with Crippen LogP contribution in [0, 0.1) is 5.92 Å². The molecule has 0 unspecified atom stereocenters. The van der Waals surface area contributed by atoms with Crippen molar-refractivity contribution in [3.8, 4) is 11.5 Å². The number of halogens is 4. The molecular formula is C14H20ClF3N2O2. The number of hydrogen-bond donors (Lipinski definition) is 2. The zero-order valence-electron chi connectivity index (χ0n) is 12.2. The van der Waals surface area contributed by atoms with E-state index in [9.17, 15) is 13.2 Å². The summed E-state index contributed by atoms with van der Waals surface area (Å²) in [6, 6.07) is 3.63. The Morgan fingerprint density at radius 1 is 1.27 bits per heavy atom. The van der Waals surface area contributed by atoms with Crippen LogP contribution in [0.2, 0.25) is 0 Å². The van der Waals surface area contributed by atoms with Gasteiger partial charge in [-0.3, -0.25) is 0 Å². The highest BCUT2D eigenvalue weighted by molar-refractivity contribution is 5.85. The lowest BCUT2D eigenvalue weighted by atomic mass is 9.86. The van der Waals surface area contributed by atoms with Crippen molar-refractivity contribution in [2.45, 2.75) is 25.2 Å². The summed E-state index contributed by atoms with van der Waals surface area (Å²) in [4.78, 5) is 0. The Labute approximate surface area is 133 Å². The fourth-order valence-corrected chi connectivity index (χ4v) is 2.63. The standard InChI is InChI=1S/C14H19F3N2O2.ClH/c1-20-12-3-2-10(21-14(15,16)17)8-11(12)13(18)9-4-6-19-7-5-9;/h2-3,8-9,13,19H,4-7,18H2,1H3;1H/t13-;/m1./s1. The highest BCUT2D eigenvalue weighted by atomic mass is 35.5. The molecule has 1 aliphatic rings. The first-order chi connectivity index (χ1) is 9.90. The summed E-state index contributed by atoms with van der Waals surface area (Å²) in [5.41, 5.74) is 6.78. The van der Waals surface area contributed by atoms with Crippen molar-refractivity contribution in [1.29, 1.82) is 0 Å². The molecular weight excluding hydrogens is 321 g/mol. The SMILES string of the molecule is COc1ccc(OC(F)(F)F)cc1[C@H](N)C1CCNCC1.Cl. The normalized spacial score (nSPS) is 17.5. The Hall–Kier alpha value is -1.18. The van der Waals surface area contributed by atoms with E-state index in [1.807, 2.05) is 0 Å².